The monoisotopic (exact) mass is 436 g/mol. The molecule has 0 aromatic carbocycles. The van der Waals surface area contributed by atoms with Crippen LogP contribution in [0.3, 0.4) is 0 Å². The smallest absolute Gasteiger partial charge is 0.311 e. The van der Waals surface area contributed by atoms with E-state index in [1.807, 2.05) is 6.92 Å². The lowest BCUT2D eigenvalue weighted by Crippen LogP contribution is -2.36. The third-order valence-corrected chi connectivity index (χ3v) is 7.94. The first-order valence-electron chi connectivity index (χ1n) is 12.6. The van der Waals surface area contributed by atoms with Crippen molar-refractivity contribution in [1.82, 2.24) is 0 Å². The van der Waals surface area contributed by atoms with Crippen LogP contribution in [0.15, 0.2) is 12.3 Å². The first kappa shape index (κ1) is 24.6. The van der Waals surface area contributed by atoms with Gasteiger partial charge in [0.25, 0.3) is 0 Å². The average Bonchev–Trinajstić information content (AvgIpc) is 3.38. The van der Waals surface area contributed by atoms with E-state index in [-0.39, 0.29) is 30.0 Å². The minimum Gasteiger partial charge on any atom is -0.495 e. The minimum atomic E-state index is -0.530. The highest BCUT2D eigenvalue weighted by Gasteiger charge is 2.51. The highest BCUT2D eigenvalue weighted by molar-refractivity contribution is 5.73. The zero-order valence-electron chi connectivity index (χ0n) is 20.1. The van der Waals surface area contributed by atoms with Crippen molar-refractivity contribution in [3.8, 4) is 0 Å². The topological polar surface area (TPSA) is 54.0 Å². The van der Waals surface area contributed by atoms with Gasteiger partial charge in [0.2, 0.25) is 6.29 Å². The molecule has 3 saturated carbocycles. The summed E-state index contributed by atoms with van der Waals surface area (Å²) in [4.78, 5) is 13.2. The zero-order valence-corrected chi connectivity index (χ0v) is 20.1. The fourth-order valence-electron chi connectivity index (χ4n) is 5.56. The Morgan fingerprint density at radius 1 is 1.10 bits per heavy atom. The standard InChI is InChI=1S/C26H44O5/c1-6-17(2)19(4)30-24-15-21-13-22(24)23(14-21)26(27)31-25(12-18(3)28-5)29-16-20-10-8-7-9-11-20/h17-18,20-25H,4,6-16H2,1-3,5H3. The van der Waals surface area contributed by atoms with Gasteiger partial charge in [0.05, 0.1) is 24.4 Å². The molecule has 7 atom stereocenters. The quantitative estimate of drug-likeness (QED) is 0.218. The molecule has 3 aliphatic carbocycles. The molecule has 0 aliphatic heterocycles. The molecule has 0 aromatic rings. The SMILES string of the molecule is C=C(OC1CC2CC(C(=O)OC(CC(C)OC)OCC3CCCCC3)C1C2)C(C)CC. The molecule has 178 valence electrons. The van der Waals surface area contributed by atoms with Crippen molar-refractivity contribution in [2.45, 2.75) is 103 Å². The Morgan fingerprint density at radius 3 is 2.48 bits per heavy atom. The molecule has 5 nitrogen and oxygen atoms in total. The van der Waals surface area contributed by atoms with Crippen molar-refractivity contribution in [2.24, 2.45) is 29.6 Å². The lowest BCUT2D eigenvalue weighted by Gasteiger charge is -2.32. The highest BCUT2D eigenvalue weighted by atomic mass is 16.7. The number of methoxy groups -OCH3 is 1. The number of carbonyl (C=O) groups is 1. The van der Waals surface area contributed by atoms with Gasteiger partial charge in [-0.25, -0.2) is 0 Å². The predicted molar refractivity (Wildman–Crippen MR) is 121 cm³/mol. The fourth-order valence-corrected chi connectivity index (χ4v) is 5.56. The van der Waals surface area contributed by atoms with E-state index in [1.165, 1.54) is 32.1 Å². The van der Waals surface area contributed by atoms with Gasteiger partial charge < -0.3 is 18.9 Å². The molecule has 2 bridgehead atoms. The molecule has 0 amide bonds. The maximum Gasteiger partial charge on any atom is 0.311 e. The molecule has 0 saturated heterocycles. The van der Waals surface area contributed by atoms with Gasteiger partial charge in [0.15, 0.2) is 0 Å². The van der Waals surface area contributed by atoms with Gasteiger partial charge in [-0.15, -0.1) is 0 Å². The molecule has 0 spiro atoms. The van der Waals surface area contributed by atoms with E-state index < -0.39 is 6.29 Å². The number of hydrogen-bond donors (Lipinski definition) is 0. The molecule has 3 aliphatic rings. The molecule has 0 radical (unpaired) electrons. The van der Waals surface area contributed by atoms with Crippen LogP contribution in [0.25, 0.3) is 0 Å². The molecular formula is C26H44O5. The first-order chi connectivity index (χ1) is 14.9. The van der Waals surface area contributed by atoms with Gasteiger partial charge in [-0.3, -0.25) is 4.79 Å². The van der Waals surface area contributed by atoms with E-state index in [0.717, 1.165) is 31.4 Å². The summed E-state index contributed by atoms with van der Waals surface area (Å²) in [6.45, 7) is 11.1. The second kappa shape index (κ2) is 11.7. The normalized spacial score (nSPS) is 31.2. The van der Waals surface area contributed by atoms with Crippen LogP contribution in [-0.4, -0.2) is 38.2 Å². The number of fused-ring (bicyclic) bond motifs is 2. The van der Waals surface area contributed by atoms with Crippen LogP contribution in [-0.2, 0) is 23.7 Å². The zero-order chi connectivity index (χ0) is 22.4. The van der Waals surface area contributed by atoms with E-state index in [2.05, 4.69) is 20.4 Å². The Hall–Kier alpha value is -1.07. The Balaban J connectivity index is 1.55. The van der Waals surface area contributed by atoms with Crippen LogP contribution in [0.1, 0.15) is 85.0 Å². The van der Waals surface area contributed by atoms with Gasteiger partial charge in [0.1, 0.15) is 6.10 Å². The van der Waals surface area contributed by atoms with Crippen molar-refractivity contribution in [2.75, 3.05) is 13.7 Å². The lowest BCUT2D eigenvalue weighted by atomic mass is 9.86. The van der Waals surface area contributed by atoms with Gasteiger partial charge in [0, 0.05) is 25.4 Å². The summed E-state index contributed by atoms with van der Waals surface area (Å²) in [6, 6.07) is 0. The van der Waals surface area contributed by atoms with Crippen LogP contribution in [0, 0.1) is 29.6 Å². The maximum atomic E-state index is 13.2. The second-order valence-corrected chi connectivity index (χ2v) is 10.3. The third kappa shape index (κ3) is 6.71. The summed E-state index contributed by atoms with van der Waals surface area (Å²) >= 11 is 0. The Labute approximate surface area is 189 Å². The number of rotatable bonds is 12. The third-order valence-electron chi connectivity index (χ3n) is 7.94. The van der Waals surface area contributed by atoms with E-state index in [1.54, 1.807) is 7.11 Å². The molecule has 0 N–H and O–H groups in total. The van der Waals surface area contributed by atoms with Crippen LogP contribution >= 0.6 is 0 Å². The van der Waals surface area contributed by atoms with Gasteiger partial charge >= 0.3 is 5.97 Å². The van der Waals surface area contributed by atoms with Crippen molar-refractivity contribution in [1.29, 1.82) is 0 Å². The summed E-state index contributed by atoms with van der Waals surface area (Å²) in [7, 11) is 1.69. The molecular weight excluding hydrogens is 392 g/mol. The average molecular weight is 437 g/mol. The Bertz CT molecular complexity index is 584. The van der Waals surface area contributed by atoms with Crippen LogP contribution in [0.5, 0.6) is 0 Å². The number of allylic oxidation sites excluding steroid dienone is 1. The summed E-state index contributed by atoms with van der Waals surface area (Å²) in [5, 5.41) is 0. The molecule has 31 heavy (non-hydrogen) atoms. The van der Waals surface area contributed by atoms with Crippen molar-refractivity contribution in [3.05, 3.63) is 12.3 Å². The first-order valence-corrected chi connectivity index (χ1v) is 12.6. The highest BCUT2D eigenvalue weighted by Crippen LogP contribution is 2.51. The predicted octanol–water partition coefficient (Wildman–Crippen LogP) is 5.87. The van der Waals surface area contributed by atoms with E-state index in [9.17, 15) is 4.79 Å². The van der Waals surface area contributed by atoms with Gasteiger partial charge in [-0.2, -0.15) is 0 Å². The maximum absolute atomic E-state index is 13.2. The summed E-state index contributed by atoms with van der Waals surface area (Å²) in [5.41, 5.74) is 0. The Kier molecular flexibility index (Phi) is 9.27. The van der Waals surface area contributed by atoms with Crippen molar-refractivity contribution in [3.63, 3.8) is 0 Å². The van der Waals surface area contributed by atoms with Gasteiger partial charge in [-0.1, -0.05) is 39.7 Å². The summed E-state index contributed by atoms with van der Waals surface area (Å²) in [6.07, 6.45) is 10.5. The summed E-state index contributed by atoms with van der Waals surface area (Å²) in [5.74, 6) is 2.36. The van der Waals surface area contributed by atoms with Crippen molar-refractivity contribution >= 4 is 5.97 Å². The molecule has 0 heterocycles. The largest absolute Gasteiger partial charge is 0.495 e. The molecule has 0 aromatic heterocycles. The number of esters is 1. The van der Waals surface area contributed by atoms with Crippen LogP contribution < -0.4 is 0 Å². The van der Waals surface area contributed by atoms with Crippen LogP contribution in [0.4, 0.5) is 0 Å². The van der Waals surface area contributed by atoms with Crippen LogP contribution in [0.2, 0.25) is 0 Å². The molecule has 3 rings (SSSR count). The minimum absolute atomic E-state index is 0.0147. The van der Waals surface area contributed by atoms with E-state index in [0.29, 0.717) is 30.8 Å². The Morgan fingerprint density at radius 2 is 1.84 bits per heavy atom. The number of carbonyl (C=O) groups excluding carboxylic acids is 1. The number of hydrogen-bond acceptors (Lipinski definition) is 5. The van der Waals surface area contributed by atoms with E-state index in [4.69, 9.17) is 18.9 Å². The van der Waals surface area contributed by atoms with Gasteiger partial charge in [-0.05, 0) is 57.3 Å². The molecule has 7 unspecified atom stereocenters. The van der Waals surface area contributed by atoms with E-state index >= 15 is 0 Å². The lowest BCUT2D eigenvalue weighted by molar-refractivity contribution is -0.195. The molecule has 3 fully saturated rings. The second-order valence-electron chi connectivity index (χ2n) is 10.3. The fraction of sp³-hybridized carbons (Fsp3) is 0.885. The summed E-state index contributed by atoms with van der Waals surface area (Å²) < 4.78 is 23.7. The number of ether oxygens (including phenoxy) is 4. The van der Waals surface area contributed by atoms with Crippen molar-refractivity contribution < 1.29 is 23.7 Å². The molecule has 5 heteroatoms.